The monoisotopic (exact) mass is 339 g/mol. The van der Waals surface area contributed by atoms with Gasteiger partial charge in [0.2, 0.25) is 0 Å². The van der Waals surface area contributed by atoms with E-state index in [2.05, 4.69) is 15.9 Å². The SMILES string of the molecule is Cc1ccc(S(=O)(=O)N2CCOCC2CBr)s1. The minimum absolute atomic E-state index is 0.115. The van der Waals surface area contributed by atoms with Crippen LogP contribution in [0.5, 0.6) is 0 Å². The number of aryl methyl sites for hydroxylation is 1. The van der Waals surface area contributed by atoms with E-state index in [-0.39, 0.29) is 6.04 Å². The highest BCUT2D eigenvalue weighted by Gasteiger charge is 2.34. The lowest BCUT2D eigenvalue weighted by Crippen LogP contribution is -2.49. The van der Waals surface area contributed by atoms with Crippen molar-refractivity contribution in [2.24, 2.45) is 0 Å². The predicted octanol–water partition coefficient (Wildman–Crippen LogP) is 1.84. The fourth-order valence-corrected chi connectivity index (χ4v) is 5.48. The lowest BCUT2D eigenvalue weighted by Gasteiger charge is -2.32. The van der Waals surface area contributed by atoms with Crippen LogP contribution in [0, 0.1) is 6.92 Å². The Bertz CT molecular complexity index is 485. The van der Waals surface area contributed by atoms with E-state index in [0.29, 0.717) is 29.3 Å². The van der Waals surface area contributed by atoms with Crippen LogP contribution < -0.4 is 0 Å². The van der Waals surface area contributed by atoms with E-state index >= 15 is 0 Å². The van der Waals surface area contributed by atoms with Crippen molar-refractivity contribution in [3.63, 3.8) is 0 Å². The predicted molar refractivity (Wildman–Crippen MR) is 71.3 cm³/mol. The Hall–Kier alpha value is 0.0500. The smallest absolute Gasteiger partial charge is 0.252 e. The van der Waals surface area contributed by atoms with Crippen LogP contribution in [0.4, 0.5) is 0 Å². The lowest BCUT2D eigenvalue weighted by molar-refractivity contribution is 0.0414. The Morgan fingerprint density at radius 1 is 1.59 bits per heavy atom. The van der Waals surface area contributed by atoms with E-state index in [0.717, 1.165) is 4.88 Å². The topological polar surface area (TPSA) is 46.6 Å². The lowest BCUT2D eigenvalue weighted by atomic mass is 10.3. The molecule has 1 fully saturated rings. The van der Waals surface area contributed by atoms with Gasteiger partial charge in [0.25, 0.3) is 10.0 Å². The third-order valence-electron chi connectivity index (χ3n) is 2.63. The van der Waals surface area contributed by atoms with Gasteiger partial charge in [-0.3, -0.25) is 0 Å². The van der Waals surface area contributed by atoms with Gasteiger partial charge < -0.3 is 4.74 Å². The summed E-state index contributed by atoms with van der Waals surface area (Å²) in [5.41, 5.74) is 0. The molecule has 1 aliphatic rings. The van der Waals surface area contributed by atoms with E-state index < -0.39 is 10.0 Å². The molecule has 1 unspecified atom stereocenters. The molecule has 1 saturated heterocycles. The van der Waals surface area contributed by atoms with E-state index in [1.807, 2.05) is 13.0 Å². The maximum absolute atomic E-state index is 12.4. The third-order valence-corrected chi connectivity index (χ3v) is 6.80. The van der Waals surface area contributed by atoms with Crippen LogP contribution in [-0.4, -0.2) is 43.9 Å². The Morgan fingerprint density at radius 3 is 2.94 bits per heavy atom. The molecule has 0 aliphatic carbocycles. The summed E-state index contributed by atoms with van der Waals surface area (Å²) >= 11 is 4.65. The summed E-state index contributed by atoms with van der Waals surface area (Å²) in [4.78, 5) is 1.01. The first kappa shape index (κ1) is 13.5. The van der Waals surface area contributed by atoms with E-state index in [1.165, 1.54) is 15.6 Å². The zero-order chi connectivity index (χ0) is 12.5. The van der Waals surface area contributed by atoms with Crippen molar-refractivity contribution in [2.75, 3.05) is 25.1 Å². The molecule has 7 heteroatoms. The molecular formula is C10H14BrNO3S2. The van der Waals surface area contributed by atoms with Crippen LogP contribution >= 0.6 is 27.3 Å². The second kappa shape index (κ2) is 5.36. The third kappa shape index (κ3) is 2.73. The Kier molecular flexibility index (Phi) is 4.25. The Balaban J connectivity index is 2.30. The molecule has 0 N–H and O–H groups in total. The number of alkyl halides is 1. The molecule has 1 atom stereocenters. The summed E-state index contributed by atoms with van der Waals surface area (Å²) in [6.45, 7) is 3.25. The minimum atomic E-state index is -3.36. The van der Waals surface area contributed by atoms with Crippen molar-refractivity contribution in [2.45, 2.75) is 17.2 Å². The second-order valence-electron chi connectivity index (χ2n) is 3.86. The van der Waals surface area contributed by atoms with Gasteiger partial charge in [-0.1, -0.05) is 15.9 Å². The van der Waals surface area contributed by atoms with Crippen molar-refractivity contribution in [3.05, 3.63) is 17.0 Å². The molecule has 96 valence electrons. The molecule has 0 aromatic carbocycles. The summed E-state index contributed by atoms with van der Waals surface area (Å²) in [5.74, 6) is 0. The summed E-state index contributed by atoms with van der Waals surface area (Å²) in [6.07, 6.45) is 0. The first-order valence-electron chi connectivity index (χ1n) is 5.27. The highest BCUT2D eigenvalue weighted by atomic mass is 79.9. The fraction of sp³-hybridized carbons (Fsp3) is 0.600. The molecule has 0 bridgehead atoms. The Labute approximate surface area is 114 Å². The van der Waals surface area contributed by atoms with Gasteiger partial charge in [-0.15, -0.1) is 11.3 Å². The zero-order valence-electron chi connectivity index (χ0n) is 9.43. The van der Waals surface area contributed by atoms with Crippen molar-refractivity contribution < 1.29 is 13.2 Å². The van der Waals surface area contributed by atoms with Gasteiger partial charge in [-0.05, 0) is 19.1 Å². The second-order valence-corrected chi connectivity index (χ2v) is 7.92. The average Bonchev–Trinajstić information content (AvgIpc) is 2.76. The van der Waals surface area contributed by atoms with Gasteiger partial charge >= 0.3 is 0 Å². The van der Waals surface area contributed by atoms with Crippen molar-refractivity contribution in [1.29, 1.82) is 0 Å². The molecule has 0 amide bonds. The number of ether oxygens (including phenoxy) is 1. The number of thiophene rings is 1. The molecule has 0 spiro atoms. The van der Waals surface area contributed by atoms with Crippen LogP contribution in [0.3, 0.4) is 0 Å². The standard InChI is InChI=1S/C10H14BrNO3S2/c1-8-2-3-10(16-8)17(13,14)12-4-5-15-7-9(12)6-11/h2-3,9H,4-7H2,1H3. The van der Waals surface area contributed by atoms with E-state index in [9.17, 15) is 8.42 Å². The van der Waals surface area contributed by atoms with Crippen molar-refractivity contribution in [3.8, 4) is 0 Å². The molecule has 1 aromatic heterocycles. The molecular weight excluding hydrogens is 326 g/mol. The summed E-state index contributed by atoms with van der Waals surface area (Å²) in [5, 5.41) is 0.594. The number of rotatable bonds is 3. The Morgan fingerprint density at radius 2 is 2.35 bits per heavy atom. The van der Waals surface area contributed by atoms with Crippen LogP contribution in [-0.2, 0) is 14.8 Å². The molecule has 4 nitrogen and oxygen atoms in total. The number of nitrogens with zero attached hydrogens (tertiary/aromatic N) is 1. The normalized spacial score (nSPS) is 22.8. The number of hydrogen-bond donors (Lipinski definition) is 0. The maximum Gasteiger partial charge on any atom is 0.252 e. The highest BCUT2D eigenvalue weighted by molar-refractivity contribution is 9.09. The summed E-state index contributed by atoms with van der Waals surface area (Å²) in [6, 6.07) is 3.40. The van der Waals surface area contributed by atoms with Crippen molar-refractivity contribution in [1.82, 2.24) is 4.31 Å². The summed E-state index contributed by atoms with van der Waals surface area (Å²) < 4.78 is 32.1. The van der Waals surface area contributed by atoms with Crippen LogP contribution in [0.15, 0.2) is 16.3 Å². The fourth-order valence-electron chi connectivity index (χ4n) is 1.74. The minimum Gasteiger partial charge on any atom is -0.378 e. The molecule has 1 aliphatic heterocycles. The molecule has 17 heavy (non-hydrogen) atoms. The molecule has 0 radical (unpaired) electrons. The highest BCUT2D eigenvalue weighted by Crippen LogP contribution is 2.27. The molecule has 2 rings (SSSR count). The average molecular weight is 340 g/mol. The van der Waals surface area contributed by atoms with Crippen LogP contribution in [0.25, 0.3) is 0 Å². The summed E-state index contributed by atoms with van der Waals surface area (Å²) in [7, 11) is -3.36. The number of halogens is 1. The quantitative estimate of drug-likeness (QED) is 0.789. The number of morpholine rings is 1. The maximum atomic E-state index is 12.4. The van der Waals surface area contributed by atoms with Crippen LogP contribution in [0.2, 0.25) is 0 Å². The number of sulfonamides is 1. The van der Waals surface area contributed by atoms with Gasteiger partial charge in [0.15, 0.2) is 0 Å². The van der Waals surface area contributed by atoms with E-state index in [4.69, 9.17) is 4.74 Å². The first-order valence-corrected chi connectivity index (χ1v) is 8.65. The van der Waals surface area contributed by atoms with E-state index in [1.54, 1.807) is 6.07 Å². The van der Waals surface area contributed by atoms with Crippen LogP contribution in [0.1, 0.15) is 4.88 Å². The van der Waals surface area contributed by atoms with Gasteiger partial charge in [-0.25, -0.2) is 8.42 Å². The molecule has 0 saturated carbocycles. The zero-order valence-corrected chi connectivity index (χ0v) is 12.6. The number of hydrogen-bond acceptors (Lipinski definition) is 4. The molecule has 1 aromatic rings. The molecule has 2 heterocycles. The van der Waals surface area contributed by atoms with Crippen molar-refractivity contribution >= 4 is 37.3 Å². The van der Waals surface area contributed by atoms with Gasteiger partial charge in [0, 0.05) is 16.8 Å². The largest absolute Gasteiger partial charge is 0.378 e. The first-order chi connectivity index (χ1) is 8.05. The van der Waals surface area contributed by atoms with Gasteiger partial charge in [0.1, 0.15) is 4.21 Å². The van der Waals surface area contributed by atoms with Gasteiger partial charge in [0.05, 0.1) is 19.3 Å². The van der Waals surface area contributed by atoms with Gasteiger partial charge in [-0.2, -0.15) is 4.31 Å².